The van der Waals surface area contributed by atoms with Gasteiger partial charge >= 0.3 is 0 Å². The van der Waals surface area contributed by atoms with Crippen LogP contribution < -0.4 is 5.32 Å². The second-order valence-corrected chi connectivity index (χ2v) is 4.81. The highest BCUT2D eigenvalue weighted by Gasteiger charge is 2.52. The lowest BCUT2D eigenvalue weighted by atomic mass is 9.65. The number of fused-ring (bicyclic) bond motifs is 2. The van der Waals surface area contributed by atoms with Crippen LogP contribution >= 0.6 is 0 Å². The predicted octanol–water partition coefficient (Wildman–Crippen LogP) is 2.61. The van der Waals surface area contributed by atoms with Crippen LogP contribution in [-0.4, -0.2) is 10.8 Å². The van der Waals surface area contributed by atoms with Gasteiger partial charge in [0.25, 0.3) is 5.69 Å². The Morgan fingerprint density at radius 1 is 1.44 bits per heavy atom. The number of anilines is 1. The summed E-state index contributed by atoms with van der Waals surface area (Å²) in [6.07, 6.45) is 4.07. The van der Waals surface area contributed by atoms with Crippen molar-refractivity contribution in [2.75, 3.05) is 5.32 Å². The summed E-state index contributed by atoms with van der Waals surface area (Å²) in [6.45, 7) is 3.65. The van der Waals surface area contributed by atoms with Crippen LogP contribution in [0.2, 0.25) is 0 Å². The Morgan fingerprint density at radius 2 is 2.17 bits per heavy atom. The third-order valence-electron chi connectivity index (χ3n) is 3.98. The molecule has 5 nitrogen and oxygen atoms in total. The summed E-state index contributed by atoms with van der Waals surface area (Å²) in [5.74, 6) is -0.0349. The minimum Gasteiger partial charge on any atom is -0.324 e. The van der Waals surface area contributed by atoms with Gasteiger partial charge in [0.05, 0.1) is 16.0 Å². The summed E-state index contributed by atoms with van der Waals surface area (Å²) in [4.78, 5) is 22.6. The number of amides is 1. The number of hydrogen-bond donors (Lipinski definition) is 1. The topological polar surface area (TPSA) is 72.2 Å². The first-order chi connectivity index (χ1) is 8.58. The number of benzene rings is 1. The van der Waals surface area contributed by atoms with Gasteiger partial charge in [-0.1, -0.05) is 19.1 Å². The first-order valence-corrected chi connectivity index (χ1v) is 5.85. The second-order valence-electron chi connectivity index (χ2n) is 4.81. The number of nitrogens with one attached hydrogen (secondary N) is 1. The molecule has 1 aromatic rings. The van der Waals surface area contributed by atoms with Gasteiger partial charge in [-0.3, -0.25) is 14.9 Å². The Balaban J connectivity index is 2.25. The molecular formula is C13H12N2O3. The van der Waals surface area contributed by atoms with Crippen molar-refractivity contribution in [3.05, 3.63) is 40.0 Å². The zero-order valence-corrected chi connectivity index (χ0v) is 9.73. The van der Waals surface area contributed by atoms with E-state index in [0.29, 0.717) is 11.3 Å². The molecule has 92 valence electrons. The average molecular weight is 244 g/mol. The van der Waals surface area contributed by atoms with Gasteiger partial charge in [0.1, 0.15) is 0 Å². The van der Waals surface area contributed by atoms with Crippen LogP contribution in [0.3, 0.4) is 0 Å². The molecule has 0 atom stereocenters. The Morgan fingerprint density at radius 3 is 2.67 bits per heavy atom. The van der Waals surface area contributed by atoms with Gasteiger partial charge < -0.3 is 5.32 Å². The Kier molecular flexibility index (Phi) is 2.08. The fourth-order valence-electron chi connectivity index (χ4n) is 2.81. The maximum absolute atomic E-state index is 12.1. The molecule has 2 aliphatic rings. The third-order valence-corrected chi connectivity index (χ3v) is 3.98. The fourth-order valence-corrected chi connectivity index (χ4v) is 2.81. The lowest BCUT2D eigenvalue weighted by molar-refractivity contribution is -0.384. The van der Waals surface area contributed by atoms with Crippen molar-refractivity contribution in [3.8, 4) is 0 Å². The van der Waals surface area contributed by atoms with E-state index in [2.05, 4.69) is 11.9 Å². The van der Waals surface area contributed by atoms with Crippen LogP contribution in [0.4, 0.5) is 11.4 Å². The molecule has 0 bridgehead atoms. The van der Waals surface area contributed by atoms with E-state index in [-0.39, 0.29) is 11.6 Å². The number of nitro benzene ring substituents is 1. The van der Waals surface area contributed by atoms with Crippen molar-refractivity contribution >= 4 is 23.4 Å². The number of carbonyl (C=O) groups excluding carboxylic acids is 1. The molecule has 1 spiro atoms. The number of rotatable bonds is 2. The molecule has 1 fully saturated rings. The van der Waals surface area contributed by atoms with Crippen molar-refractivity contribution in [1.29, 1.82) is 0 Å². The monoisotopic (exact) mass is 244 g/mol. The van der Waals surface area contributed by atoms with Crippen LogP contribution in [0.15, 0.2) is 18.7 Å². The predicted molar refractivity (Wildman–Crippen MR) is 67.3 cm³/mol. The zero-order valence-electron chi connectivity index (χ0n) is 9.73. The number of hydrogen-bond acceptors (Lipinski definition) is 3. The fraction of sp³-hybridized carbons (Fsp3) is 0.308. The molecule has 18 heavy (non-hydrogen) atoms. The average Bonchev–Trinajstić information content (AvgIpc) is 2.59. The molecule has 0 unspecified atom stereocenters. The maximum Gasteiger partial charge on any atom is 0.270 e. The molecule has 0 saturated heterocycles. The molecule has 1 saturated carbocycles. The van der Waals surface area contributed by atoms with Gasteiger partial charge in [0.2, 0.25) is 5.91 Å². The minimum atomic E-state index is -0.529. The van der Waals surface area contributed by atoms with E-state index < -0.39 is 10.3 Å². The van der Waals surface area contributed by atoms with E-state index in [9.17, 15) is 14.9 Å². The Hall–Kier alpha value is -2.17. The standard InChI is InChI=1S/C13H12N2O3/c1-2-8-6-9(15(17)18)7-10-11(8)14-12(16)13(10)4-3-5-13/h2,6-7H,1,3-5H2,(H,14,16). The highest BCUT2D eigenvalue weighted by atomic mass is 16.6. The van der Waals surface area contributed by atoms with Crippen molar-refractivity contribution in [2.24, 2.45) is 0 Å². The summed E-state index contributed by atoms with van der Waals surface area (Å²) in [5.41, 5.74) is 1.57. The van der Waals surface area contributed by atoms with Crippen LogP contribution in [0.25, 0.3) is 6.08 Å². The molecule has 1 aliphatic heterocycles. The van der Waals surface area contributed by atoms with Gasteiger partial charge in [-0.15, -0.1) is 0 Å². The van der Waals surface area contributed by atoms with E-state index in [1.807, 2.05) is 0 Å². The van der Waals surface area contributed by atoms with Gasteiger partial charge in [-0.2, -0.15) is 0 Å². The summed E-state index contributed by atoms with van der Waals surface area (Å²) in [5, 5.41) is 13.8. The Labute approximate surface area is 104 Å². The molecule has 1 N–H and O–H groups in total. The summed E-state index contributed by atoms with van der Waals surface area (Å²) < 4.78 is 0. The van der Waals surface area contributed by atoms with Crippen LogP contribution in [-0.2, 0) is 10.2 Å². The number of carbonyl (C=O) groups is 1. The molecule has 1 amide bonds. The second kappa shape index (κ2) is 3.41. The van der Waals surface area contributed by atoms with Gasteiger partial charge in [-0.05, 0) is 18.4 Å². The lowest BCUT2D eigenvalue weighted by Crippen LogP contribution is -2.40. The van der Waals surface area contributed by atoms with Crippen LogP contribution in [0.1, 0.15) is 30.4 Å². The molecule has 5 heteroatoms. The van der Waals surface area contributed by atoms with Crippen molar-refractivity contribution in [3.63, 3.8) is 0 Å². The Bertz CT molecular complexity index is 588. The molecule has 1 aliphatic carbocycles. The SMILES string of the molecule is C=Cc1cc([N+](=O)[O-])cc2c1NC(=O)C21CCC1. The first-order valence-electron chi connectivity index (χ1n) is 5.85. The number of nitro groups is 1. The molecule has 1 heterocycles. The summed E-state index contributed by atoms with van der Waals surface area (Å²) in [6, 6.07) is 2.98. The van der Waals surface area contributed by atoms with Crippen molar-refractivity contribution < 1.29 is 9.72 Å². The number of non-ortho nitro benzene ring substituents is 1. The normalized spacial score (nSPS) is 19.0. The smallest absolute Gasteiger partial charge is 0.270 e. The van der Waals surface area contributed by atoms with Gasteiger partial charge in [0.15, 0.2) is 0 Å². The summed E-state index contributed by atoms with van der Waals surface area (Å²) in [7, 11) is 0. The molecule has 0 aromatic heterocycles. The first kappa shape index (κ1) is 11.0. The number of nitrogens with zero attached hydrogens (tertiary/aromatic N) is 1. The third kappa shape index (κ3) is 1.19. The van der Waals surface area contributed by atoms with Crippen molar-refractivity contribution in [2.45, 2.75) is 24.7 Å². The molecule has 3 rings (SSSR count). The largest absolute Gasteiger partial charge is 0.324 e. The quantitative estimate of drug-likeness (QED) is 0.642. The van der Waals surface area contributed by atoms with E-state index in [0.717, 1.165) is 24.8 Å². The van der Waals surface area contributed by atoms with Gasteiger partial charge in [-0.25, -0.2) is 0 Å². The van der Waals surface area contributed by atoms with Crippen molar-refractivity contribution in [1.82, 2.24) is 0 Å². The highest BCUT2D eigenvalue weighted by Crippen LogP contribution is 2.52. The van der Waals surface area contributed by atoms with E-state index >= 15 is 0 Å². The van der Waals surface area contributed by atoms with E-state index in [4.69, 9.17) is 0 Å². The van der Waals surface area contributed by atoms with Gasteiger partial charge in [0, 0.05) is 17.7 Å². The zero-order chi connectivity index (χ0) is 12.9. The van der Waals surface area contributed by atoms with Crippen LogP contribution in [0, 0.1) is 10.1 Å². The lowest BCUT2D eigenvalue weighted by Gasteiger charge is -2.35. The molecule has 1 aromatic carbocycles. The minimum absolute atomic E-state index is 0.0198. The highest BCUT2D eigenvalue weighted by molar-refractivity contribution is 6.09. The van der Waals surface area contributed by atoms with Crippen LogP contribution in [0.5, 0.6) is 0 Å². The van der Waals surface area contributed by atoms with E-state index in [1.54, 1.807) is 6.08 Å². The molecule has 0 radical (unpaired) electrons. The maximum atomic E-state index is 12.1. The van der Waals surface area contributed by atoms with E-state index in [1.165, 1.54) is 12.1 Å². The molecular weight excluding hydrogens is 232 g/mol. The summed E-state index contributed by atoms with van der Waals surface area (Å²) >= 11 is 0.